The lowest BCUT2D eigenvalue weighted by atomic mass is 10.0. The van der Waals surface area contributed by atoms with Crippen LogP contribution in [0.3, 0.4) is 0 Å². The lowest BCUT2D eigenvalue weighted by Gasteiger charge is -2.19. The van der Waals surface area contributed by atoms with Gasteiger partial charge in [0.15, 0.2) is 0 Å². The van der Waals surface area contributed by atoms with E-state index in [1.165, 1.54) is 0 Å². The molecule has 2 unspecified atom stereocenters. The lowest BCUT2D eigenvalue weighted by molar-refractivity contribution is 0.196. The number of likely N-dealkylation sites (tertiary alicyclic amines) is 1. The smallest absolute Gasteiger partial charge is 0.123 e. The van der Waals surface area contributed by atoms with Crippen molar-refractivity contribution in [2.75, 3.05) is 19.6 Å². The molecular weight excluding hydrogens is 203 g/mol. The van der Waals surface area contributed by atoms with Crippen LogP contribution in [0, 0.1) is 5.92 Å². The third kappa shape index (κ3) is 2.81. The van der Waals surface area contributed by atoms with Gasteiger partial charge in [0, 0.05) is 19.1 Å². The second kappa shape index (κ2) is 4.33. The maximum atomic E-state index is 13.4. The van der Waals surface area contributed by atoms with Gasteiger partial charge in [-0.15, -0.1) is 12.4 Å². The van der Waals surface area contributed by atoms with Crippen molar-refractivity contribution in [3.05, 3.63) is 0 Å². The van der Waals surface area contributed by atoms with Crippen LogP contribution >= 0.6 is 12.4 Å². The summed E-state index contributed by atoms with van der Waals surface area (Å²) < 4.78 is 13.4. The molecule has 2 aliphatic rings. The number of hydrogen-bond donors (Lipinski definition) is 1. The Kier molecular flexibility index (Phi) is 3.78. The van der Waals surface area contributed by atoms with E-state index in [1.54, 1.807) is 0 Å². The van der Waals surface area contributed by atoms with Crippen LogP contribution < -0.4 is 5.73 Å². The molecule has 0 bridgehead atoms. The van der Waals surface area contributed by atoms with Crippen LogP contribution in [0.2, 0.25) is 0 Å². The summed E-state index contributed by atoms with van der Waals surface area (Å²) in [5.74, 6) is 0.586. The first-order valence-electron chi connectivity index (χ1n) is 5.26. The van der Waals surface area contributed by atoms with E-state index in [2.05, 4.69) is 11.8 Å². The molecule has 2 nitrogen and oxygen atoms in total. The second-order valence-corrected chi connectivity index (χ2v) is 4.79. The zero-order valence-electron chi connectivity index (χ0n) is 8.71. The fourth-order valence-corrected chi connectivity index (χ4v) is 2.13. The first-order valence-corrected chi connectivity index (χ1v) is 5.26. The third-order valence-electron chi connectivity index (χ3n) is 3.35. The summed E-state index contributed by atoms with van der Waals surface area (Å²) in [5, 5.41) is 0. The van der Waals surface area contributed by atoms with Crippen LogP contribution in [0.5, 0.6) is 0 Å². The zero-order valence-corrected chi connectivity index (χ0v) is 9.52. The maximum Gasteiger partial charge on any atom is 0.123 e. The monoisotopic (exact) mass is 222 g/mol. The summed E-state index contributed by atoms with van der Waals surface area (Å²) >= 11 is 0. The van der Waals surface area contributed by atoms with Gasteiger partial charge >= 0.3 is 0 Å². The maximum absolute atomic E-state index is 13.4. The molecule has 2 N–H and O–H groups in total. The summed E-state index contributed by atoms with van der Waals surface area (Å²) in [6, 6.07) is 0.264. The number of rotatable bonds is 3. The molecule has 1 saturated heterocycles. The molecule has 0 aromatic rings. The van der Waals surface area contributed by atoms with Crippen molar-refractivity contribution in [1.82, 2.24) is 4.90 Å². The van der Waals surface area contributed by atoms with E-state index in [1.807, 2.05) is 0 Å². The van der Waals surface area contributed by atoms with E-state index in [-0.39, 0.29) is 18.4 Å². The highest BCUT2D eigenvalue weighted by Gasteiger charge is 2.45. The Labute approximate surface area is 91.4 Å². The van der Waals surface area contributed by atoms with Crippen LogP contribution in [0.1, 0.15) is 26.2 Å². The van der Waals surface area contributed by atoms with Gasteiger partial charge < -0.3 is 5.73 Å². The van der Waals surface area contributed by atoms with E-state index < -0.39 is 5.67 Å². The Balaban J connectivity index is 0.000000980. The summed E-state index contributed by atoms with van der Waals surface area (Å²) in [4.78, 5) is 2.24. The van der Waals surface area contributed by atoms with Crippen molar-refractivity contribution < 1.29 is 4.39 Å². The van der Waals surface area contributed by atoms with E-state index in [4.69, 9.17) is 5.73 Å². The molecule has 0 aromatic carbocycles. The Morgan fingerprint density at radius 2 is 2.21 bits per heavy atom. The molecule has 2 atom stereocenters. The predicted octanol–water partition coefficient (Wildman–Crippen LogP) is 1.58. The number of halogens is 2. The Morgan fingerprint density at radius 1 is 1.57 bits per heavy atom. The van der Waals surface area contributed by atoms with Crippen LogP contribution in [0.4, 0.5) is 4.39 Å². The highest BCUT2D eigenvalue weighted by molar-refractivity contribution is 5.85. The van der Waals surface area contributed by atoms with Crippen molar-refractivity contribution in [3.8, 4) is 0 Å². The Bertz CT molecular complexity index is 195. The average molecular weight is 223 g/mol. The van der Waals surface area contributed by atoms with E-state index in [0.717, 1.165) is 32.4 Å². The SMILES string of the molecule is CC(N)C1CCN(CC2(F)CC2)C1.Cl. The normalized spacial score (nSPS) is 32.4. The predicted molar refractivity (Wildman–Crippen MR) is 58.5 cm³/mol. The van der Waals surface area contributed by atoms with Crippen molar-refractivity contribution in [1.29, 1.82) is 0 Å². The molecule has 1 heterocycles. The van der Waals surface area contributed by atoms with Gasteiger partial charge in [0.05, 0.1) is 0 Å². The van der Waals surface area contributed by atoms with Crippen molar-refractivity contribution in [2.45, 2.75) is 37.9 Å². The average Bonchev–Trinajstić information content (AvgIpc) is 2.62. The third-order valence-corrected chi connectivity index (χ3v) is 3.35. The molecule has 0 radical (unpaired) electrons. The molecule has 0 amide bonds. The fraction of sp³-hybridized carbons (Fsp3) is 1.00. The highest BCUT2D eigenvalue weighted by Crippen LogP contribution is 2.41. The fourth-order valence-electron chi connectivity index (χ4n) is 2.13. The van der Waals surface area contributed by atoms with Crippen molar-refractivity contribution >= 4 is 12.4 Å². The minimum atomic E-state index is -0.827. The van der Waals surface area contributed by atoms with Crippen LogP contribution in [-0.2, 0) is 0 Å². The Morgan fingerprint density at radius 3 is 2.64 bits per heavy atom. The standard InChI is InChI=1S/C10H19FN2.ClH/c1-8(12)9-2-5-13(6-9)7-10(11)3-4-10;/h8-9H,2-7,12H2,1H3;1H. The van der Waals surface area contributed by atoms with Crippen molar-refractivity contribution in [2.24, 2.45) is 11.7 Å². The minimum absolute atomic E-state index is 0. The number of alkyl halides is 1. The van der Waals surface area contributed by atoms with Crippen LogP contribution in [-0.4, -0.2) is 36.2 Å². The summed E-state index contributed by atoms with van der Waals surface area (Å²) in [5.41, 5.74) is 4.99. The quantitative estimate of drug-likeness (QED) is 0.786. The van der Waals surface area contributed by atoms with Gasteiger partial charge in [0.1, 0.15) is 5.67 Å². The summed E-state index contributed by atoms with van der Waals surface area (Å²) in [6.45, 7) is 4.74. The molecule has 14 heavy (non-hydrogen) atoms. The number of hydrogen-bond acceptors (Lipinski definition) is 2. The van der Waals surface area contributed by atoms with E-state index >= 15 is 0 Å². The molecule has 1 aliphatic carbocycles. The van der Waals surface area contributed by atoms with Gasteiger partial charge in [-0.2, -0.15) is 0 Å². The largest absolute Gasteiger partial charge is 0.328 e. The summed E-state index contributed by atoms with van der Waals surface area (Å²) in [7, 11) is 0. The van der Waals surface area contributed by atoms with Gasteiger partial charge in [0.2, 0.25) is 0 Å². The van der Waals surface area contributed by atoms with Gasteiger partial charge in [0.25, 0.3) is 0 Å². The zero-order chi connectivity index (χ0) is 9.47. The lowest BCUT2D eigenvalue weighted by Crippen LogP contribution is -2.33. The first kappa shape index (κ1) is 12.2. The molecule has 0 aromatic heterocycles. The molecule has 2 rings (SSSR count). The van der Waals surface area contributed by atoms with E-state index in [9.17, 15) is 4.39 Å². The Hall–Kier alpha value is 0.140. The van der Waals surface area contributed by atoms with Gasteiger partial charge in [-0.25, -0.2) is 4.39 Å². The van der Waals surface area contributed by atoms with Crippen molar-refractivity contribution in [3.63, 3.8) is 0 Å². The van der Waals surface area contributed by atoms with Gasteiger partial charge in [-0.3, -0.25) is 4.90 Å². The number of nitrogens with two attached hydrogens (primary N) is 1. The molecule has 1 aliphatic heterocycles. The molecule has 1 saturated carbocycles. The second-order valence-electron chi connectivity index (χ2n) is 4.79. The van der Waals surface area contributed by atoms with E-state index in [0.29, 0.717) is 12.5 Å². The van der Waals surface area contributed by atoms with Crippen LogP contribution in [0.15, 0.2) is 0 Å². The first-order chi connectivity index (χ1) is 6.09. The highest BCUT2D eigenvalue weighted by atomic mass is 35.5. The number of nitrogens with zero attached hydrogens (tertiary/aromatic N) is 1. The summed E-state index contributed by atoms with van der Waals surface area (Å²) in [6.07, 6.45) is 2.69. The molecule has 4 heteroatoms. The van der Waals surface area contributed by atoms with Crippen LogP contribution in [0.25, 0.3) is 0 Å². The molecule has 2 fully saturated rings. The van der Waals surface area contributed by atoms with Gasteiger partial charge in [-0.05, 0) is 38.6 Å². The minimum Gasteiger partial charge on any atom is -0.328 e. The topological polar surface area (TPSA) is 29.3 Å². The molecular formula is C10H20ClFN2. The molecule has 84 valence electrons. The van der Waals surface area contributed by atoms with Gasteiger partial charge in [-0.1, -0.05) is 0 Å². The molecule has 0 spiro atoms.